The summed E-state index contributed by atoms with van der Waals surface area (Å²) in [6.45, 7) is 0.952. The standard InChI is InChI=1S/C28H31F3N2O3/c1-32-14-13-27-19-8-9-20(26(27)36-23-11-10-22(34)18(25(23)27)15-21(19)32)33(2)24(35)12-5-16-3-6-17(7-4-16)28(29,30)31/h3-4,6-7,10-11,19-21,26,34H,5,8-9,12-15H2,1-2H3/t19-,20+,21+,26-,27-/m0/s1. The zero-order chi connectivity index (χ0) is 25.4. The predicted molar refractivity (Wildman–Crippen MR) is 128 cm³/mol. The second kappa shape index (κ2) is 8.13. The topological polar surface area (TPSA) is 53.0 Å². The largest absolute Gasteiger partial charge is 0.508 e. The van der Waals surface area contributed by atoms with Gasteiger partial charge in [0.1, 0.15) is 17.6 Å². The molecule has 0 radical (unpaired) electrons. The maximum absolute atomic E-state index is 13.3. The van der Waals surface area contributed by atoms with E-state index in [9.17, 15) is 23.1 Å². The number of carbonyl (C=O) groups is 1. The average Bonchev–Trinajstić information content (AvgIpc) is 3.19. The maximum Gasteiger partial charge on any atom is 0.416 e. The van der Waals surface area contributed by atoms with Crippen molar-refractivity contribution in [3.8, 4) is 11.5 Å². The van der Waals surface area contributed by atoms with Gasteiger partial charge in [0.05, 0.1) is 11.6 Å². The summed E-state index contributed by atoms with van der Waals surface area (Å²) in [6.07, 6.45) is -0.324. The van der Waals surface area contributed by atoms with Gasteiger partial charge in [-0.05, 0) is 81.4 Å². The molecule has 192 valence electrons. The molecule has 2 aromatic carbocycles. The summed E-state index contributed by atoms with van der Waals surface area (Å²) in [5.41, 5.74) is 1.99. The molecule has 2 aliphatic heterocycles. The van der Waals surface area contributed by atoms with Crippen molar-refractivity contribution in [1.82, 2.24) is 9.80 Å². The number of hydrogen-bond donors (Lipinski definition) is 1. The minimum Gasteiger partial charge on any atom is -0.508 e. The molecule has 1 amide bonds. The van der Waals surface area contributed by atoms with E-state index in [-0.39, 0.29) is 29.9 Å². The van der Waals surface area contributed by atoms with Gasteiger partial charge in [-0.1, -0.05) is 12.1 Å². The van der Waals surface area contributed by atoms with Crippen LogP contribution in [0.25, 0.3) is 0 Å². The zero-order valence-corrected chi connectivity index (χ0v) is 20.5. The van der Waals surface area contributed by atoms with Crippen molar-refractivity contribution in [2.24, 2.45) is 5.92 Å². The van der Waals surface area contributed by atoms with Crippen molar-refractivity contribution in [3.63, 3.8) is 0 Å². The lowest BCUT2D eigenvalue weighted by molar-refractivity contribution is -0.140. The zero-order valence-electron chi connectivity index (χ0n) is 20.5. The normalized spacial score (nSPS) is 30.5. The molecule has 1 spiro atoms. The van der Waals surface area contributed by atoms with Crippen LogP contribution in [0.2, 0.25) is 0 Å². The van der Waals surface area contributed by atoms with Crippen LogP contribution in [0.4, 0.5) is 13.2 Å². The predicted octanol–water partition coefficient (Wildman–Crippen LogP) is 4.54. The number of phenolic OH excluding ortho intramolecular Hbond substituents is 1. The molecule has 2 bridgehead atoms. The summed E-state index contributed by atoms with van der Waals surface area (Å²) < 4.78 is 45.2. The van der Waals surface area contributed by atoms with E-state index in [4.69, 9.17) is 4.74 Å². The molecule has 4 aliphatic rings. The van der Waals surface area contributed by atoms with E-state index in [1.807, 2.05) is 18.0 Å². The fourth-order valence-corrected chi connectivity index (χ4v) is 7.59. The quantitative estimate of drug-likeness (QED) is 0.670. The van der Waals surface area contributed by atoms with Gasteiger partial charge in [0, 0.05) is 36.1 Å². The van der Waals surface area contributed by atoms with E-state index in [0.717, 1.165) is 61.2 Å². The number of halogens is 3. The summed E-state index contributed by atoms with van der Waals surface area (Å²) >= 11 is 0. The number of nitrogens with zero attached hydrogens (tertiary/aromatic N) is 2. The van der Waals surface area contributed by atoms with Crippen LogP contribution in [0.1, 0.15) is 47.9 Å². The molecule has 2 heterocycles. The Labute approximate surface area is 208 Å². The molecule has 5 atom stereocenters. The summed E-state index contributed by atoms with van der Waals surface area (Å²) in [5, 5.41) is 10.7. The van der Waals surface area contributed by atoms with Gasteiger partial charge in [-0.3, -0.25) is 4.79 Å². The number of phenols is 1. The van der Waals surface area contributed by atoms with Crippen LogP contribution in [0.5, 0.6) is 11.5 Å². The number of amides is 1. The summed E-state index contributed by atoms with van der Waals surface area (Å²) in [6, 6.07) is 8.90. The van der Waals surface area contributed by atoms with E-state index in [1.165, 1.54) is 12.1 Å². The van der Waals surface area contributed by atoms with Gasteiger partial charge in [0.15, 0.2) is 0 Å². The van der Waals surface area contributed by atoms with Gasteiger partial charge in [0.25, 0.3) is 0 Å². The molecule has 36 heavy (non-hydrogen) atoms. The van der Waals surface area contributed by atoms with E-state index < -0.39 is 11.7 Å². The highest BCUT2D eigenvalue weighted by Crippen LogP contribution is 2.63. The van der Waals surface area contributed by atoms with Crippen molar-refractivity contribution in [1.29, 1.82) is 0 Å². The number of rotatable bonds is 4. The number of likely N-dealkylation sites (tertiary alicyclic amines) is 1. The van der Waals surface area contributed by atoms with Crippen LogP contribution in [-0.2, 0) is 29.2 Å². The van der Waals surface area contributed by atoms with Crippen LogP contribution < -0.4 is 4.74 Å². The molecule has 5 nitrogen and oxygen atoms in total. The van der Waals surface area contributed by atoms with Gasteiger partial charge in [0.2, 0.25) is 5.91 Å². The number of piperidine rings is 1. The average molecular weight is 501 g/mol. The minimum absolute atomic E-state index is 0.0299. The molecule has 2 aromatic rings. The number of aromatic hydroxyl groups is 1. The fourth-order valence-electron chi connectivity index (χ4n) is 7.59. The second-order valence-electron chi connectivity index (χ2n) is 11.0. The number of ether oxygens (including phenoxy) is 1. The number of hydrogen-bond acceptors (Lipinski definition) is 4. The van der Waals surface area contributed by atoms with Crippen molar-refractivity contribution in [3.05, 3.63) is 58.7 Å². The molecular formula is C28H31F3N2O3. The van der Waals surface area contributed by atoms with E-state index in [2.05, 4.69) is 11.9 Å². The van der Waals surface area contributed by atoms with E-state index in [0.29, 0.717) is 29.7 Å². The smallest absolute Gasteiger partial charge is 0.416 e. The van der Waals surface area contributed by atoms with Crippen molar-refractivity contribution < 1.29 is 27.8 Å². The number of aryl methyl sites for hydroxylation is 1. The third kappa shape index (κ3) is 3.36. The Kier molecular flexibility index (Phi) is 5.34. The molecule has 2 fully saturated rings. The summed E-state index contributed by atoms with van der Waals surface area (Å²) in [5.74, 6) is 1.57. The monoisotopic (exact) mass is 500 g/mol. The van der Waals surface area contributed by atoms with Crippen LogP contribution >= 0.6 is 0 Å². The lowest BCUT2D eigenvalue weighted by atomic mass is 9.51. The van der Waals surface area contributed by atoms with Crippen molar-refractivity contribution in [2.75, 3.05) is 20.6 Å². The number of likely N-dealkylation sites (N-methyl/N-ethyl adjacent to an activating group) is 2. The van der Waals surface area contributed by atoms with E-state index in [1.54, 1.807) is 6.07 Å². The minimum atomic E-state index is -4.37. The molecule has 6 rings (SSSR count). The maximum atomic E-state index is 13.3. The SMILES string of the molecule is CN1CC[C@@]23c4c5ccc(O)c4C[C@@H]1[C@@H]2CC[C@@H](N(C)C(=O)CCc1ccc(C(F)(F)F)cc1)[C@@H]3O5. The van der Waals surface area contributed by atoms with Crippen molar-refractivity contribution >= 4 is 5.91 Å². The summed E-state index contributed by atoms with van der Waals surface area (Å²) in [4.78, 5) is 17.5. The van der Waals surface area contributed by atoms with E-state index >= 15 is 0 Å². The molecule has 1 N–H and O–H groups in total. The van der Waals surface area contributed by atoms with Crippen LogP contribution in [0, 0.1) is 5.92 Å². The first-order chi connectivity index (χ1) is 17.1. The van der Waals surface area contributed by atoms with Crippen LogP contribution in [-0.4, -0.2) is 59.6 Å². The van der Waals surface area contributed by atoms with Gasteiger partial charge in [-0.2, -0.15) is 13.2 Å². The Hall–Kier alpha value is -2.74. The first-order valence-corrected chi connectivity index (χ1v) is 12.8. The Balaban J connectivity index is 1.23. The third-order valence-corrected chi connectivity index (χ3v) is 9.38. The fraction of sp³-hybridized carbons (Fsp3) is 0.536. The summed E-state index contributed by atoms with van der Waals surface area (Å²) in [7, 11) is 3.99. The van der Waals surface area contributed by atoms with Gasteiger partial charge < -0.3 is 19.6 Å². The first-order valence-electron chi connectivity index (χ1n) is 12.8. The highest BCUT2D eigenvalue weighted by Gasteiger charge is 2.66. The Morgan fingerprint density at radius 3 is 2.67 bits per heavy atom. The molecule has 2 aliphatic carbocycles. The van der Waals surface area contributed by atoms with Crippen molar-refractivity contribution in [2.45, 2.75) is 68.3 Å². The van der Waals surface area contributed by atoms with Crippen LogP contribution in [0.15, 0.2) is 36.4 Å². The highest BCUT2D eigenvalue weighted by molar-refractivity contribution is 5.77. The van der Waals surface area contributed by atoms with Gasteiger partial charge >= 0.3 is 6.18 Å². The lowest BCUT2D eigenvalue weighted by Crippen LogP contribution is -2.68. The third-order valence-electron chi connectivity index (χ3n) is 9.38. The number of alkyl halides is 3. The molecule has 0 unspecified atom stereocenters. The molecule has 8 heteroatoms. The highest BCUT2D eigenvalue weighted by atomic mass is 19.4. The first kappa shape index (κ1) is 23.6. The molecule has 1 saturated heterocycles. The molecule has 0 aromatic heterocycles. The van der Waals surface area contributed by atoms with Gasteiger partial charge in [-0.25, -0.2) is 0 Å². The van der Waals surface area contributed by atoms with Gasteiger partial charge in [-0.15, -0.1) is 0 Å². The Bertz CT molecular complexity index is 1200. The number of benzene rings is 2. The Morgan fingerprint density at radius 1 is 1.19 bits per heavy atom. The molecular weight excluding hydrogens is 469 g/mol. The molecule has 1 saturated carbocycles. The second-order valence-corrected chi connectivity index (χ2v) is 11.0. The Morgan fingerprint density at radius 2 is 1.94 bits per heavy atom. The lowest BCUT2D eigenvalue weighted by Gasteiger charge is -2.59. The van der Waals surface area contributed by atoms with Crippen LogP contribution in [0.3, 0.4) is 0 Å². The number of carbonyl (C=O) groups excluding carboxylic acids is 1.